The van der Waals surface area contributed by atoms with Crippen LogP contribution >= 0.6 is 11.8 Å². The third-order valence-corrected chi connectivity index (χ3v) is 5.05. The van der Waals surface area contributed by atoms with Gasteiger partial charge < -0.3 is 26.2 Å². The van der Waals surface area contributed by atoms with Gasteiger partial charge in [0.15, 0.2) is 0 Å². The Morgan fingerprint density at radius 3 is 2.57 bits per heavy atom. The number of hydrogen-bond donors (Lipinski definition) is 5. The first-order valence-corrected chi connectivity index (χ1v) is 10.5. The topological polar surface area (TPSA) is 166 Å². The van der Waals surface area contributed by atoms with Crippen LogP contribution in [0.1, 0.15) is 12.8 Å². The summed E-state index contributed by atoms with van der Waals surface area (Å²) in [7, 11) is 0. The molecule has 0 bridgehead atoms. The fourth-order valence-corrected chi connectivity index (χ4v) is 3.46. The Morgan fingerprint density at radius 2 is 1.93 bits per heavy atom. The van der Waals surface area contributed by atoms with E-state index in [1.54, 1.807) is 30.7 Å². The van der Waals surface area contributed by atoms with Crippen molar-refractivity contribution in [2.75, 3.05) is 23.5 Å². The number of carbonyl (C=O) groups excluding carboxylic acids is 2. The minimum Gasteiger partial charge on any atom is -0.480 e. The highest BCUT2D eigenvalue weighted by molar-refractivity contribution is 7.98. The summed E-state index contributed by atoms with van der Waals surface area (Å²) < 4.78 is 0. The van der Waals surface area contributed by atoms with Crippen LogP contribution in [-0.4, -0.2) is 69.6 Å². The number of amides is 2. The van der Waals surface area contributed by atoms with E-state index in [1.165, 1.54) is 11.8 Å². The fourth-order valence-electron chi connectivity index (χ4n) is 2.90. The number of thioether (sulfide) groups is 1. The van der Waals surface area contributed by atoms with E-state index in [9.17, 15) is 24.3 Å². The number of carboxylic acid groups (broad SMARTS) is 2. The number of fused-ring (bicyclic) bond motifs is 1. The number of carbonyl (C=O) groups is 4. The van der Waals surface area contributed by atoms with Gasteiger partial charge in [-0.1, -0.05) is 18.2 Å². The highest BCUT2D eigenvalue weighted by Gasteiger charge is 2.29. The van der Waals surface area contributed by atoms with E-state index in [-0.39, 0.29) is 18.6 Å². The summed E-state index contributed by atoms with van der Waals surface area (Å²) in [5.41, 5.74) is 6.54. The molecule has 11 heteroatoms. The van der Waals surface area contributed by atoms with E-state index in [0.29, 0.717) is 11.1 Å². The van der Waals surface area contributed by atoms with Crippen molar-refractivity contribution in [3.05, 3.63) is 30.5 Å². The Hall–Kier alpha value is -3.05. The second-order valence-corrected chi connectivity index (χ2v) is 7.51. The lowest BCUT2D eigenvalue weighted by molar-refractivity contribution is -0.139. The van der Waals surface area contributed by atoms with Gasteiger partial charge in [0.1, 0.15) is 18.6 Å². The molecule has 0 radical (unpaired) electrons. The summed E-state index contributed by atoms with van der Waals surface area (Å²) in [5, 5.41) is 21.4. The largest absolute Gasteiger partial charge is 0.480 e. The van der Waals surface area contributed by atoms with Crippen molar-refractivity contribution in [2.45, 2.75) is 24.9 Å². The number of H-pyrrole nitrogens is 1. The lowest BCUT2D eigenvalue weighted by Crippen LogP contribution is -2.51. The normalized spacial score (nSPS) is 12.9. The number of hydrogen-bond acceptors (Lipinski definition) is 6. The summed E-state index contributed by atoms with van der Waals surface area (Å²) in [6.45, 7) is -0.578. The van der Waals surface area contributed by atoms with Crippen LogP contribution in [0.5, 0.6) is 0 Å². The quantitative estimate of drug-likeness (QED) is 0.342. The van der Waals surface area contributed by atoms with Crippen molar-refractivity contribution in [3.63, 3.8) is 0 Å². The van der Waals surface area contributed by atoms with Gasteiger partial charge in [0.05, 0.1) is 5.69 Å². The van der Waals surface area contributed by atoms with Gasteiger partial charge in [-0.15, -0.1) is 0 Å². The predicted molar refractivity (Wildman–Crippen MR) is 113 cm³/mol. The molecule has 2 aromatic rings. The van der Waals surface area contributed by atoms with Gasteiger partial charge in [-0.3, -0.25) is 24.1 Å². The van der Waals surface area contributed by atoms with Crippen LogP contribution in [0, 0.1) is 0 Å². The standard InChI is InChI=1S/C19H24N4O6S/c1-30-10-14(22-16(24)7-6-12(20)19(28)29)18(27)23(9-17(25)26)15-8-21-13-5-3-2-4-11(13)15/h2-5,8,12,14,21H,6-7,9-10,20H2,1H3,(H,22,24)(H,25,26)(H,28,29)/t12-,14?/m0/s1. The highest BCUT2D eigenvalue weighted by Crippen LogP contribution is 2.27. The zero-order valence-corrected chi connectivity index (χ0v) is 17.1. The number of anilines is 1. The second kappa shape index (κ2) is 10.6. The first kappa shape index (κ1) is 23.2. The molecule has 2 amide bonds. The molecule has 0 saturated carbocycles. The Morgan fingerprint density at radius 1 is 1.23 bits per heavy atom. The molecule has 0 aliphatic carbocycles. The van der Waals surface area contributed by atoms with Crippen LogP contribution in [-0.2, 0) is 19.2 Å². The van der Waals surface area contributed by atoms with Crippen molar-refractivity contribution in [1.82, 2.24) is 10.3 Å². The summed E-state index contributed by atoms with van der Waals surface area (Å²) in [6, 6.07) is 4.98. The molecule has 1 aromatic carbocycles. The molecule has 0 saturated heterocycles. The third-order valence-electron chi connectivity index (χ3n) is 4.38. The zero-order valence-electron chi connectivity index (χ0n) is 16.3. The molecule has 0 aliphatic rings. The van der Waals surface area contributed by atoms with Gasteiger partial charge in [0, 0.05) is 29.3 Å². The Bertz CT molecular complexity index is 931. The molecule has 0 spiro atoms. The number of nitrogens with two attached hydrogens (primary N) is 1. The van der Waals surface area contributed by atoms with Crippen LogP contribution in [0.4, 0.5) is 5.69 Å². The number of aromatic amines is 1. The van der Waals surface area contributed by atoms with Crippen LogP contribution in [0.15, 0.2) is 30.5 Å². The van der Waals surface area contributed by atoms with Gasteiger partial charge in [0.2, 0.25) is 5.91 Å². The van der Waals surface area contributed by atoms with Crippen LogP contribution in [0.2, 0.25) is 0 Å². The lowest BCUT2D eigenvalue weighted by atomic mass is 10.1. The monoisotopic (exact) mass is 436 g/mol. The molecule has 0 fully saturated rings. The maximum Gasteiger partial charge on any atom is 0.323 e. The number of nitrogens with one attached hydrogen (secondary N) is 2. The zero-order chi connectivity index (χ0) is 22.3. The number of carboxylic acids is 2. The number of aromatic nitrogens is 1. The van der Waals surface area contributed by atoms with Crippen LogP contribution in [0.25, 0.3) is 10.9 Å². The molecule has 6 N–H and O–H groups in total. The lowest BCUT2D eigenvalue weighted by Gasteiger charge is -2.26. The Kier molecular flexibility index (Phi) is 8.25. The number of benzene rings is 1. The Balaban J connectivity index is 2.23. The van der Waals surface area contributed by atoms with Crippen molar-refractivity contribution >= 4 is 52.1 Å². The molecular formula is C19H24N4O6S. The van der Waals surface area contributed by atoms with E-state index >= 15 is 0 Å². The molecule has 162 valence electrons. The molecule has 2 rings (SSSR count). The van der Waals surface area contributed by atoms with Crippen LogP contribution in [0.3, 0.4) is 0 Å². The van der Waals surface area contributed by atoms with Gasteiger partial charge in [-0.25, -0.2) is 0 Å². The first-order chi connectivity index (χ1) is 14.2. The minimum atomic E-state index is -1.22. The molecule has 1 aromatic heterocycles. The first-order valence-electron chi connectivity index (χ1n) is 9.10. The van der Waals surface area contributed by atoms with Crippen LogP contribution < -0.4 is 16.0 Å². The molecular weight excluding hydrogens is 412 g/mol. The average Bonchev–Trinajstić information content (AvgIpc) is 3.13. The smallest absolute Gasteiger partial charge is 0.323 e. The molecule has 2 atom stereocenters. The molecule has 0 aliphatic heterocycles. The number of nitrogens with zero attached hydrogens (tertiary/aromatic N) is 1. The minimum absolute atomic E-state index is 0.0807. The number of rotatable bonds is 11. The van der Waals surface area contributed by atoms with E-state index in [0.717, 1.165) is 10.4 Å². The summed E-state index contributed by atoms with van der Waals surface area (Å²) in [5.74, 6) is -3.31. The van der Waals surface area contributed by atoms with Crippen molar-refractivity contribution in [2.24, 2.45) is 5.73 Å². The van der Waals surface area contributed by atoms with Crippen molar-refractivity contribution in [1.29, 1.82) is 0 Å². The predicted octanol–water partition coefficient (Wildman–Crippen LogP) is 0.625. The van der Waals surface area contributed by atoms with Gasteiger partial charge in [-0.05, 0) is 18.7 Å². The third kappa shape index (κ3) is 5.97. The SMILES string of the molecule is CSCC(NC(=O)CC[C@H](N)C(=O)O)C(=O)N(CC(=O)O)c1c[nH]c2ccccc12. The van der Waals surface area contributed by atoms with Gasteiger partial charge in [-0.2, -0.15) is 11.8 Å². The Labute approximate surface area is 176 Å². The maximum absolute atomic E-state index is 13.2. The summed E-state index contributed by atoms with van der Waals surface area (Å²) >= 11 is 1.31. The summed E-state index contributed by atoms with van der Waals surface area (Å²) in [4.78, 5) is 51.8. The number of aliphatic carboxylic acids is 2. The van der Waals surface area contributed by atoms with Crippen molar-refractivity contribution < 1.29 is 29.4 Å². The van der Waals surface area contributed by atoms with Gasteiger partial charge in [0.25, 0.3) is 5.91 Å². The number of para-hydroxylation sites is 1. The maximum atomic E-state index is 13.2. The average molecular weight is 436 g/mol. The molecule has 1 heterocycles. The molecule has 1 unspecified atom stereocenters. The van der Waals surface area contributed by atoms with E-state index < -0.39 is 42.4 Å². The fraction of sp³-hybridized carbons (Fsp3) is 0.368. The molecule has 10 nitrogen and oxygen atoms in total. The van der Waals surface area contributed by atoms with E-state index in [1.807, 2.05) is 6.07 Å². The second-order valence-electron chi connectivity index (χ2n) is 6.60. The van der Waals surface area contributed by atoms with E-state index in [4.69, 9.17) is 10.8 Å². The summed E-state index contributed by atoms with van der Waals surface area (Å²) in [6.07, 6.45) is 3.05. The molecule has 30 heavy (non-hydrogen) atoms. The van der Waals surface area contributed by atoms with Gasteiger partial charge >= 0.3 is 11.9 Å². The highest BCUT2D eigenvalue weighted by atomic mass is 32.2. The van der Waals surface area contributed by atoms with Crippen molar-refractivity contribution in [3.8, 4) is 0 Å². The van der Waals surface area contributed by atoms with E-state index in [2.05, 4.69) is 10.3 Å².